The van der Waals surface area contributed by atoms with Crippen molar-refractivity contribution in [3.63, 3.8) is 0 Å². The summed E-state index contributed by atoms with van der Waals surface area (Å²) in [4.78, 5) is 14.7. The van der Waals surface area contributed by atoms with Gasteiger partial charge in [0.05, 0.1) is 11.4 Å². The Morgan fingerprint density at radius 2 is 2.36 bits per heavy atom. The van der Waals surface area contributed by atoms with Crippen LogP contribution >= 0.6 is 11.8 Å². The van der Waals surface area contributed by atoms with Crippen molar-refractivity contribution in [2.75, 3.05) is 0 Å². The van der Waals surface area contributed by atoms with Crippen LogP contribution in [0.15, 0.2) is 23.2 Å². The molecule has 1 atom stereocenters. The third-order valence-corrected chi connectivity index (χ3v) is 2.68. The normalized spacial score (nSPS) is 12.4. The summed E-state index contributed by atoms with van der Waals surface area (Å²) >= 11 is 1.49. The molecule has 14 heavy (non-hydrogen) atoms. The number of carboxylic acid groups (broad SMARTS) is 1. The van der Waals surface area contributed by atoms with E-state index >= 15 is 0 Å². The van der Waals surface area contributed by atoms with Gasteiger partial charge in [-0.3, -0.25) is 4.79 Å². The molecule has 1 aromatic rings. The van der Waals surface area contributed by atoms with E-state index in [2.05, 4.69) is 4.98 Å². The van der Waals surface area contributed by atoms with E-state index in [9.17, 15) is 4.79 Å². The summed E-state index contributed by atoms with van der Waals surface area (Å²) in [6, 6.07) is 5.75. The largest absolute Gasteiger partial charge is 0.481 e. The van der Waals surface area contributed by atoms with Crippen LogP contribution in [0.25, 0.3) is 0 Å². The molecule has 0 aliphatic heterocycles. The maximum atomic E-state index is 10.4. The van der Waals surface area contributed by atoms with Crippen molar-refractivity contribution in [3.8, 4) is 0 Å². The lowest BCUT2D eigenvalue weighted by Crippen LogP contribution is -2.05. The van der Waals surface area contributed by atoms with Gasteiger partial charge in [0.15, 0.2) is 0 Å². The lowest BCUT2D eigenvalue weighted by Gasteiger charge is -2.07. The molecular weight excluding hydrogens is 198 g/mol. The van der Waals surface area contributed by atoms with E-state index in [0.717, 1.165) is 10.7 Å². The molecule has 1 rings (SSSR count). The van der Waals surface area contributed by atoms with Crippen molar-refractivity contribution in [1.29, 1.82) is 0 Å². The Bertz CT molecular complexity index is 328. The summed E-state index contributed by atoms with van der Waals surface area (Å²) < 4.78 is 0. The van der Waals surface area contributed by atoms with Crippen LogP contribution in [0.5, 0.6) is 0 Å². The minimum Gasteiger partial charge on any atom is -0.481 e. The van der Waals surface area contributed by atoms with Crippen LogP contribution in [0.1, 0.15) is 19.0 Å². The third kappa shape index (κ3) is 3.79. The minimum atomic E-state index is -0.766. The van der Waals surface area contributed by atoms with Gasteiger partial charge in [-0.15, -0.1) is 11.8 Å². The van der Waals surface area contributed by atoms with Gasteiger partial charge >= 0.3 is 5.97 Å². The number of hydrogen-bond acceptors (Lipinski definition) is 3. The van der Waals surface area contributed by atoms with E-state index in [1.807, 2.05) is 32.0 Å². The Kier molecular flexibility index (Phi) is 3.95. The first kappa shape index (κ1) is 11.0. The Hall–Kier alpha value is -1.03. The van der Waals surface area contributed by atoms with Crippen LogP contribution in [0.2, 0.25) is 0 Å². The number of carboxylic acids is 1. The first-order valence-corrected chi connectivity index (χ1v) is 5.28. The topological polar surface area (TPSA) is 50.2 Å². The van der Waals surface area contributed by atoms with Crippen LogP contribution in [0.4, 0.5) is 0 Å². The van der Waals surface area contributed by atoms with Gasteiger partial charge in [-0.25, -0.2) is 4.98 Å². The molecule has 0 saturated carbocycles. The second-order valence-electron chi connectivity index (χ2n) is 3.14. The highest BCUT2D eigenvalue weighted by Gasteiger charge is 2.09. The zero-order valence-corrected chi connectivity index (χ0v) is 9.04. The summed E-state index contributed by atoms with van der Waals surface area (Å²) in [7, 11) is 0. The van der Waals surface area contributed by atoms with E-state index in [4.69, 9.17) is 5.11 Å². The molecule has 0 aromatic carbocycles. The molecule has 1 unspecified atom stereocenters. The molecule has 4 heteroatoms. The van der Waals surface area contributed by atoms with Gasteiger partial charge < -0.3 is 5.11 Å². The van der Waals surface area contributed by atoms with Crippen molar-refractivity contribution in [2.24, 2.45) is 0 Å². The Morgan fingerprint density at radius 3 is 2.93 bits per heavy atom. The standard InChI is InChI=1S/C10H13NO2S/c1-7-4-3-5-9(11-7)14-8(2)6-10(12)13/h3-5,8H,6H2,1-2H3,(H,12,13). The fraction of sp³-hybridized carbons (Fsp3) is 0.400. The van der Waals surface area contributed by atoms with E-state index < -0.39 is 5.97 Å². The summed E-state index contributed by atoms with van der Waals surface area (Å²) in [5.41, 5.74) is 0.956. The summed E-state index contributed by atoms with van der Waals surface area (Å²) in [6.07, 6.45) is 0.167. The molecule has 1 aromatic heterocycles. The number of nitrogens with zero attached hydrogens (tertiary/aromatic N) is 1. The predicted octanol–water partition coefficient (Wildman–Crippen LogP) is 2.35. The number of thioether (sulfide) groups is 1. The first-order valence-electron chi connectivity index (χ1n) is 4.40. The number of hydrogen-bond donors (Lipinski definition) is 1. The maximum Gasteiger partial charge on any atom is 0.304 e. The van der Waals surface area contributed by atoms with Gasteiger partial charge in [-0.2, -0.15) is 0 Å². The van der Waals surface area contributed by atoms with Gasteiger partial charge in [-0.1, -0.05) is 13.0 Å². The number of aryl methyl sites for hydroxylation is 1. The maximum absolute atomic E-state index is 10.4. The molecule has 0 fully saturated rings. The van der Waals surface area contributed by atoms with Crippen molar-refractivity contribution in [1.82, 2.24) is 4.98 Å². The van der Waals surface area contributed by atoms with E-state index in [0.29, 0.717) is 0 Å². The fourth-order valence-electron chi connectivity index (χ4n) is 1.08. The molecule has 0 bridgehead atoms. The smallest absolute Gasteiger partial charge is 0.304 e. The molecule has 1 N–H and O–H groups in total. The lowest BCUT2D eigenvalue weighted by atomic mass is 10.3. The number of aliphatic carboxylic acids is 1. The number of rotatable bonds is 4. The van der Waals surface area contributed by atoms with Gasteiger partial charge in [0, 0.05) is 10.9 Å². The van der Waals surface area contributed by atoms with E-state index in [1.54, 1.807) is 0 Å². The zero-order chi connectivity index (χ0) is 10.6. The molecule has 0 radical (unpaired) electrons. The Balaban J connectivity index is 2.55. The summed E-state index contributed by atoms with van der Waals surface area (Å²) in [6.45, 7) is 3.81. The van der Waals surface area contributed by atoms with Crippen LogP contribution in [-0.4, -0.2) is 21.3 Å². The van der Waals surface area contributed by atoms with Gasteiger partial charge in [-0.05, 0) is 19.1 Å². The van der Waals surface area contributed by atoms with Crippen LogP contribution in [0, 0.1) is 6.92 Å². The highest BCUT2D eigenvalue weighted by Crippen LogP contribution is 2.23. The Morgan fingerprint density at radius 1 is 1.64 bits per heavy atom. The molecule has 0 spiro atoms. The number of aromatic nitrogens is 1. The third-order valence-electron chi connectivity index (χ3n) is 1.65. The molecule has 0 aliphatic rings. The molecular formula is C10H13NO2S. The minimum absolute atomic E-state index is 0.0572. The molecule has 76 valence electrons. The van der Waals surface area contributed by atoms with E-state index in [1.165, 1.54) is 11.8 Å². The number of pyridine rings is 1. The lowest BCUT2D eigenvalue weighted by molar-refractivity contribution is -0.136. The molecule has 0 saturated heterocycles. The van der Waals surface area contributed by atoms with E-state index in [-0.39, 0.29) is 11.7 Å². The highest BCUT2D eigenvalue weighted by atomic mass is 32.2. The zero-order valence-electron chi connectivity index (χ0n) is 8.23. The SMILES string of the molecule is Cc1cccc(SC(C)CC(=O)O)n1. The second kappa shape index (κ2) is 5.00. The number of carbonyl (C=O) groups is 1. The van der Waals surface area contributed by atoms with Gasteiger partial charge in [0.25, 0.3) is 0 Å². The van der Waals surface area contributed by atoms with Crippen molar-refractivity contribution in [3.05, 3.63) is 23.9 Å². The summed E-state index contributed by atoms with van der Waals surface area (Å²) in [5.74, 6) is -0.766. The first-order chi connectivity index (χ1) is 6.58. The van der Waals surface area contributed by atoms with Gasteiger partial charge in [0.1, 0.15) is 0 Å². The van der Waals surface area contributed by atoms with Crippen molar-refractivity contribution >= 4 is 17.7 Å². The van der Waals surface area contributed by atoms with Crippen LogP contribution in [-0.2, 0) is 4.79 Å². The van der Waals surface area contributed by atoms with Crippen LogP contribution < -0.4 is 0 Å². The van der Waals surface area contributed by atoms with Crippen LogP contribution in [0.3, 0.4) is 0 Å². The molecule has 0 amide bonds. The quantitative estimate of drug-likeness (QED) is 0.777. The monoisotopic (exact) mass is 211 g/mol. The molecule has 1 heterocycles. The highest BCUT2D eigenvalue weighted by molar-refractivity contribution is 7.99. The molecule has 3 nitrogen and oxygen atoms in total. The predicted molar refractivity (Wildman–Crippen MR) is 56.5 cm³/mol. The Labute approximate surface area is 87.6 Å². The fourth-order valence-corrected chi connectivity index (χ4v) is 2.07. The molecule has 0 aliphatic carbocycles. The van der Waals surface area contributed by atoms with Crippen molar-refractivity contribution in [2.45, 2.75) is 30.5 Å². The second-order valence-corrected chi connectivity index (χ2v) is 4.60. The average molecular weight is 211 g/mol. The van der Waals surface area contributed by atoms with Crippen molar-refractivity contribution < 1.29 is 9.90 Å². The van der Waals surface area contributed by atoms with Gasteiger partial charge in [0.2, 0.25) is 0 Å². The summed E-state index contributed by atoms with van der Waals surface area (Å²) in [5, 5.41) is 9.53. The average Bonchev–Trinajstić information content (AvgIpc) is 2.01.